The fourth-order valence-corrected chi connectivity index (χ4v) is 3.91. The van der Waals surface area contributed by atoms with Gasteiger partial charge in [0.05, 0.1) is 18.6 Å². The Hall–Kier alpha value is -2.02. The highest BCUT2D eigenvalue weighted by Gasteiger charge is 2.31. The Bertz CT molecular complexity index is 866. The van der Waals surface area contributed by atoms with Gasteiger partial charge in [0.1, 0.15) is 5.75 Å². The standard InChI is InChI=1S/C18H15Cl2N3O2S/c1-25-15-8-3-2-5-11(15)10-21-23-18-22-17(24)16(26-18)9-12-13(19)6-4-7-14(12)20/h2-8,10,16H,9H2,1H3,(H,22,23,24)/b21-10+. The van der Waals surface area contributed by atoms with E-state index >= 15 is 0 Å². The molecule has 1 aliphatic rings. The summed E-state index contributed by atoms with van der Waals surface area (Å²) < 4.78 is 5.25. The molecule has 0 spiro atoms. The highest BCUT2D eigenvalue weighted by Crippen LogP contribution is 2.30. The van der Waals surface area contributed by atoms with Crippen molar-refractivity contribution in [3.05, 3.63) is 63.6 Å². The summed E-state index contributed by atoms with van der Waals surface area (Å²) >= 11 is 13.7. The smallest absolute Gasteiger partial charge is 0.239 e. The lowest BCUT2D eigenvalue weighted by Gasteiger charge is -2.09. The lowest BCUT2D eigenvalue weighted by atomic mass is 10.1. The van der Waals surface area contributed by atoms with Crippen LogP contribution in [0, 0.1) is 0 Å². The third-order valence-electron chi connectivity index (χ3n) is 3.71. The Kier molecular flexibility index (Phi) is 6.19. The number of nitrogens with one attached hydrogen (secondary N) is 1. The van der Waals surface area contributed by atoms with Gasteiger partial charge in [-0.2, -0.15) is 5.10 Å². The molecule has 0 radical (unpaired) electrons. The van der Waals surface area contributed by atoms with E-state index in [9.17, 15) is 4.79 Å². The normalized spacial score (nSPS) is 18.5. The van der Waals surface area contributed by atoms with E-state index in [1.165, 1.54) is 11.8 Å². The van der Waals surface area contributed by atoms with Crippen molar-refractivity contribution < 1.29 is 9.53 Å². The average molecular weight is 408 g/mol. The van der Waals surface area contributed by atoms with Crippen molar-refractivity contribution in [2.24, 2.45) is 10.2 Å². The Morgan fingerprint density at radius 3 is 2.65 bits per heavy atom. The predicted octanol–water partition coefficient (Wildman–Crippen LogP) is 4.17. The van der Waals surface area contributed by atoms with Crippen LogP contribution in [0.15, 0.2) is 52.7 Å². The molecule has 2 aromatic rings. The molecule has 1 fully saturated rings. The summed E-state index contributed by atoms with van der Waals surface area (Å²) in [7, 11) is 1.59. The van der Waals surface area contributed by atoms with E-state index in [1.54, 1.807) is 31.5 Å². The van der Waals surface area contributed by atoms with Crippen LogP contribution in [0.3, 0.4) is 0 Å². The van der Waals surface area contributed by atoms with Crippen LogP contribution in [0.4, 0.5) is 0 Å². The van der Waals surface area contributed by atoms with Crippen LogP contribution in [0.5, 0.6) is 5.75 Å². The fourth-order valence-electron chi connectivity index (χ4n) is 2.42. The summed E-state index contributed by atoms with van der Waals surface area (Å²) in [6, 6.07) is 12.7. The Morgan fingerprint density at radius 1 is 1.19 bits per heavy atom. The minimum Gasteiger partial charge on any atom is -0.496 e. The van der Waals surface area contributed by atoms with Gasteiger partial charge in [-0.05, 0) is 36.2 Å². The quantitative estimate of drug-likeness (QED) is 0.597. The third kappa shape index (κ3) is 4.38. The minimum atomic E-state index is -0.354. The number of halogens is 2. The largest absolute Gasteiger partial charge is 0.496 e. The van der Waals surface area contributed by atoms with Crippen molar-refractivity contribution in [3.63, 3.8) is 0 Å². The molecule has 0 bridgehead atoms. The molecule has 1 atom stereocenters. The zero-order valence-electron chi connectivity index (χ0n) is 13.8. The first kappa shape index (κ1) is 18.8. The highest BCUT2D eigenvalue weighted by molar-refractivity contribution is 8.15. The lowest BCUT2D eigenvalue weighted by Crippen LogP contribution is -2.26. The van der Waals surface area contributed by atoms with E-state index in [1.807, 2.05) is 24.3 Å². The summed E-state index contributed by atoms with van der Waals surface area (Å²) in [6.45, 7) is 0. The van der Waals surface area contributed by atoms with Gasteiger partial charge in [0, 0.05) is 15.6 Å². The monoisotopic (exact) mass is 407 g/mol. The molecule has 134 valence electrons. The van der Waals surface area contributed by atoms with Crippen molar-refractivity contribution >= 4 is 52.3 Å². The molecular formula is C18H15Cl2N3O2S. The van der Waals surface area contributed by atoms with Crippen LogP contribution >= 0.6 is 35.0 Å². The molecule has 0 saturated carbocycles. The number of para-hydroxylation sites is 1. The number of methoxy groups -OCH3 is 1. The number of carbonyl (C=O) groups is 1. The second-order valence-corrected chi connectivity index (χ2v) is 7.40. The van der Waals surface area contributed by atoms with Gasteiger partial charge >= 0.3 is 0 Å². The predicted molar refractivity (Wildman–Crippen MR) is 108 cm³/mol. The van der Waals surface area contributed by atoms with Gasteiger partial charge in [-0.3, -0.25) is 4.79 Å². The molecular weight excluding hydrogens is 393 g/mol. The van der Waals surface area contributed by atoms with Crippen molar-refractivity contribution in [2.45, 2.75) is 11.7 Å². The molecule has 1 N–H and O–H groups in total. The number of nitrogens with zero attached hydrogens (tertiary/aromatic N) is 2. The Morgan fingerprint density at radius 2 is 1.92 bits per heavy atom. The fraction of sp³-hybridized carbons (Fsp3) is 0.167. The van der Waals surface area contributed by atoms with Gasteiger partial charge in [-0.25, -0.2) is 0 Å². The number of benzene rings is 2. The molecule has 1 aliphatic heterocycles. The van der Waals surface area contributed by atoms with Gasteiger partial charge < -0.3 is 10.1 Å². The van der Waals surface area contributed by atoms with Crippen LogP contribution in [-0.4, -0.2) is 29.6 Å². The third-order valence-corrected chi connectivity index (χ3v) is 5.49. The van der Waals surface area contributed by atoms with Crippen molar-refractivity contribution in [1.82, 2.24) is 5.32 Å². The number of amides is 1. The molecule has 8 heteroatoms. The van der Waals surface area contributed by atoms with Gasteiger partial charge in [0.25, 0.3) is 0 Å². The molecule has 1 heterocycles. The minimum absolute atomic E-state index is 0.141. The van der Waals surface area contributed by atoms with Gasteiger partial charge in [0.2, 0.25) is 5.91 Å². The molecule has 1 unspecified atom stereocenters. The number of amidine groups is 1. The first-order valence-corrected chi connectivity index (χ1v) is 9.36. The first-order valence-electron chi connectivity index (χ1n) is 7.73. The number of carbonyl (C=O) groups excluding carboxylic acids is 1. The molecule has 3 rings (SSSR count). The summed E-state index contributed by atoms with van der Waals surface area (Å²) in [6.07, 6.45) is 2.00. The summed E-state index contributed by atoms with van der Waals surface area (Å²) in [5.41, 5.74) is 1.55. The number of thioether (sulfide) groups is 1. The number of ether oxygens (including phenoxy) is 1. The number of rotatable bonds is 5. The van der Waals surface area contributed by atoms with Crippen LogP contribution in [0.25, 0.3) is 0 Å². The van der Waals surface area contributed by atoms with E-state index in [-0.39, 0.29) is 11.2 Å². The van der Waals surface area contributed by atoms with E-state index < -0.39 is 0 Å². The van der Waals surface area contributed by atoms with E-state index in [0.717, 1.165) is 11.1 Å². The topological polar surface area (TPSA) is 63.1 Å². The maximum atomic E-state index is 12.2. The van der Waals surface area contributed by atoms with Gasteiger partial charge in [0.15, 0.2) is 5.17 Å². The van der Waals surface area contributed by atoms with Crippen LogP contribution < -0.4 is 10.1 Å². The van der Waals surface area contributed by atoms with Gasteiger partial charge in [-0.15, -0.1) is 5.10 Å². The molecule has 2 aromatic carbocycles. The summed E-state index contributed by atoms with van der Waals surface area (Å²) in [5.74, 6) is 0.558. The maximum Gasteiger partial charge on any atom is 0.239 e. The van der Waals surface area contributed by atoms with E-state index in [4.69, 9.17) is 27.9 Å². The van der Waals surface area contributed by atoms with Crippen molar-refractivity contribution in [1.29, 1.82) is 0 Å². The number of hydrogen-bond donors (Lipinski definition) is 1. The van der Waals surface area contributed by atoms with Crippen LogP contribution in [0.2, 0.25) is 10.0 Å². The SMILES string of the molecule is COc1ccccc1/C=N/N=C1/NC(=O)C(Cc2c(Cl)cccc2Cl)S1. The molecule has 1 amide bonds. The van der Waals surface area contributed by atoms with Crippen molar-refractivity contribution in [2.75, 3.05) is 7.11 Å². The van der Waals surface area contributed by atoms with Gasteiger partial charge in [-0.1, -0.05) is 53.2 Å². The molecule has 0 aromatic heterocycles. The summed E-state index contributed by atoms with van der Waals surface area (Å²) in [5, 5.41) is 12.0. The van der Waals surface area contributed by atoms with Crippen LogP contribution in [-0.2, 0) is 11.2 Å². The second kappa shape index (κ2) is 8.58. The maximum absolute atomic E-state index is 12.2. The molecule has 26 heavy (non-hydrogen) atoms. The van der Waals surface area contributed by atoms with E-state index in [2.05, 4.69) is 15.5 Å². The van der Waals surface area contributed by atoms with E-state index in [0.29, 0.717) is 27.4 Å². The first-order chi connectivity index (χ1) is 12.6. The second-order valence-electron chi connectivity index (χ2n) is 5.39. The zero-order chi connectivity index (χ0) is 18.5. The average Bonchev–Trinajstić information content (AvgIpc) is 2.98. The Labute approximate surface area is 165 Å². The van der Waals surface area contributed by atoms with Crippen molar-refractivity contribution in [3.8, 4) is 5.75 Å². The molecule has 0 aliphatic carbocycles. The Balaban J connectivity index is 1.69. The number of hydrogen-bond acceptors (Lipinski definition) is 5. The summed E-state index contributed by atoms with van der Waals surface area (Å²) in [4.78, 5) is 12.2. The molecule has 1 saturated heterocycles. The lowest BCUT2D eigenvalue weighted by molar-refractivity contribution is -0.118. The highest BCUT2D eigenvalue weighted by atomic mass is 35.5. The van der Waals surface area contributed by atoms with Crippen LogP contribution in [0.1, 0.15) is 11.1 Å². The molecule has 5 nitrogen and oxygen atoms in total. The zero-order valence-corrected chi connectivity index (χ0v) is 16.1.